The molecule has 2 aliphatic rings. The van der Waals surface area contributed by atoms with E-state index in [9.17, 15) is 26.3 Å². The lowest BCUT2D eigenvalue weighted by molar-refractivity contribution is -0.237. The van der Waals surface area contributed by atoms with Crippen molar-refractivity contribution in [3.63, 3.8) is 0 Å². The Bertz CT molecular complexity index is 373. The summed E-state index contributed by atoms with van der Waals surface area (Å²) < 4.78 is 79.8. The zero-order valence-electron chi connectivity index (χ0n) is 11.2. The molecule has 1 saturated heterocycles. The van der Waals surface area contributed by atoms with E-state index >= 15 is 0 Å². The molecule has 1 aliphatic carbocycles. The molecule has 1 aliphatic heterocycles. The fourth-order valence-corrected chi connectivity index (χ4v) is 4.29. The summed E-state index contributed by atoms with van der Waals surface area (Å²) in [6, 6.07) is 0. The van der Waals surface area contributed by atoms with Crippen molar-refractivity contribution < 1.29 is 26.3 Å². The van der Waals surface area contributed by atoms with Crippen LogP contribution in [-0.4, -0.2) is 33.8 Å². The van der Waals surface area contributed by atoms with Gasteiger partial charge in [-0.15, -0.1) is 0 Å². The predicted molar refractivity (Wildman–Crippen MR) is 73.1 cm³/mol. The van der Waals surface area contributed by atoms with Crippen molar-refractivity contribution in [1.82, 2.24) is 4.31 Å². The molecule has 124 valence electrons. The summed E-state index contributed by atoms with van der Waals surface area (Å²) in [7, 11) is 0. The average molecular weight is 353 g/mol. The minimum Gasteiger partial charge on any atom is -0.245 e. The molecule has 0 bridgehead atoms. The van der Waals surface area contributed by atoms with Gasteiger partial charge < -0.3 is 0 Å². The van der Waals surface area contributed by atoms with E-state index in [1.807, 2.05) is 0 Å². The van der Waals surface area contributed by atoms with E-state index in [0.29, 0.717) is 12.3 Å². The van der Waals surface area contributed by atoms with E-state index in [1.54, 1.807) is 0 Å². The normalized spacial score (nSPS) is 29.3. The minimum atomic E-state index is -5.50. The average Bonchev–Trinajstić information content (AvgIpc) is 2.36. The van der Waals surface area contributed by atoms with Crippen molar-refractivity contribution in [2.24, 2.45) is 11.8 Å². The summed E-state index contributed by atoms with van der Waals surface area (Å²) in [4.78, 5) is 0. The smallest absolute Gasteiger partial charge is 0.245 e. The van der Waals surface area contributed by atoms with Crippen LogP contribution in [0.4, 0.5) is 26.3 Å². The largest absolute Gasteiger partial charge is 0.392 e. The Morgan fingerprint density at radius 1 is 0.905 bits per heavy atom. The van der Waals surface area contributed by atoms with Gasteiger partial charge in [0.2, 0.25) is 0 Å². The minimum absolute atomic E-state index is 0.195. The van der Waals surface area contributed by atoms with Gasteiger partial charge in [0.25, 0.3) is 0 Å². The van der Waals surface area contributed by atoms with Crippen LogP contribution >= 0.6 is 24.6 Å². The van der Waals surface area contributed by atoms with Crippen molar-refractivity contribution >= 4 is 24.6 Å². The number of piperidine rings is 1. The van der Waals surface area contributed by atoms with E-state index in [1.165, 1.54) is 0 Å². The zero-order chi connectivity index (χ0) is 15.9. The summed E-state index contributed by atoms with van der Waals surface area (Å²) in [6.07, 6.45) is 4.67. The van der Waals surface area contributed by atoms with Gasteiger partial charge in [-0.1, -0.05) is 31.9 Å². The number of halogens is 6. The molecule has 21 heavy (non-hydrogen) atoms. The lowest BCUT2D eigenvalue weighted by atomic mass is 9.76. The molecule has 0 radical (unpaired) electrons. The second-order valence-electron chi connectivity index (χ2n) is 5.70. The van der Waals surface area contributed by atoms with Crippen LogP contribution < -0.4 is 0 Å². The molecule has 0 aromatic rings. The molecule has 2 rings (SSSR count). The maximum atomic E-state index is 13.5. The third kappa shape index (κ3) is 3.60. The highest BCUT2D eigenvalue weighted by atomic mass is 32.2. The number of hydrogen-bond donors (Lipinski definition) is 1. The van der Waals surface area contributed by atoms with Crippen molar-refractivity contribution in [2.45, 2.75) is 48.5 Å². The Hall–Kier alpha value is 0.240. The van der Waals surface area contributed by atoms with Crippen LogP contribution in [0.2, 0.25) is 0 Å². The van der Waals surface area contributed by atoms with E-state index in [2.05, 4.69) is 12.6 Å². The van der Waals surface area contributed by atoms with Crippen LogP contribution in [0.15, 0.2) is 0 Å². The lowest BCUT2D eigenvalue weighted by Crippen LogP contribution is -2.52. The number of nitrogens with zero attached hydrogens (tertiary/aromatic N) is 1. The first-order chi connectivity index (χ1) is 9.54. The van der Waals surface area contributed by atoms with Crippen molar-refractivity contribution in [1.29, 1.82) is 0 Å². The fraction of sp³-hybridized carbons (Fsp3) is 1.00. The first-order valence-electron chi connectivity index (χ1n) is 6.84. The highest BCUT2D eigenvalue weighted by Gasteiger charge is 2.71. The molecular weight excluding hydrogens is 336 g/mol. The van der Waals surface area contributed by atoms with Gasteiger partial charge in [-0.25, -0.2) is 4.31 Å². The summed E-state index contributed by atoms with van der Waals surface area (Å²) in [6.45, 7) is 0.467. The van der Waals surface area contributed by atoms with Gasteiger partial charge in [-0.3, -0.25) is 0 Å². The Kier molecular flexibility index (Phi) is 5.05. The third-order valence-electron chi connectivity index (χ3n) is 4.24. The van der Waals surface area contributed by atoms with Gasteiger partial charge in [0.05, 0.1) is 0 Å². The zero-order valence-corrected chi connectivity index (χ0v) is 12.9. The fourth-order valence-electron chi connectivity index (χ4n) is 3.04. The number of thiol groups is 1. The van der Waals surface area contributed by atoms with Crippen LogP contribution in [0.5, 0.6) is 0 Å². The van der Waals surface area contributed by atoms with E-state index in [-0.39, 0.29) is 19.0 Å². The molecule has 9 heteroatoms. The van der Waals surface area contributed by atoms with E-state index in [4.69, 9.17) is 0 Å². The molecule has 1 heterocycles. The molecule has 0 spiro atoms. The summed E-state index contributed by atoms with van der Waals surface area (Å²) in [5, 5.41) is -9.95. The maximum absolute atomic E-state index is 13.5. The van der Waals surface area contributed by atoms with Gasteiger partial charge in [-0.2, -0.15) is 26.3 Å². The highest BCUT2D eigenvalue weighted by Crippen LogP contribution is 2.54. The second kappa shape index (κ2) is 6.03. The van der Waals surface area contributed by atoms with Gasteiger partial charge >= 0.3 is 16.4 Å². The number of fused-ring (bicyclic) bond motifs is 1. The van der Waals surface area contributed by atoms with Gasteiger partial charge in [-0.05, 0) is 24.7 Å². The van der Waals surface area contributed by atoms with Crippen molar-refractivity contribution in [2.75, 3.05) is 13.1 Å². The van der Waals surface area contributed by atoms with Gasteiger partial charge in [0.1, 0.15) is 0 Å². The van der Waals surface area contributed by atoms with Crippen LogP contribution in [0.3, 0.4) is 0 Å². The Morgan fingerprint density at radius 3 is 2.05 bits per heavy atom. The molecule has 2 unspecified atom stereocenters. The molecule has 1 nitrogen and oxygen atoms in total. The van der Waals surface area contributed by atoms with Crippen LogP contribution in [0.1, 0.15) is 32.1 Å². The first kappa shape index (κ1) is 17.6. The SMILES string of the molecule is FC(F)(S)C(F)(F)C(F)(F)SN1CCC2CCCCC2C1. The topological polar surface area (TPSA) is 3.24 Å². The molecule has 0 aromatic carbocycles. The molecular formula is C12H17F6NS2. The highest BCUT2D eigenvalue weighted by molar-refractivity contribution is 7.98. The summed E-state index contributed by atoms with van der Waals surface area (Å²) in [5.74, 6) is -4.87. The maximum Gasteiger partial charge on any atom is 0.392 e. The molecule has 2 atom stereocenters. The predicted octanol–water partition coefficient (Wildman–Crippen LogP) is 4.90. The summed E-state index contributed by atoms with van der Waals surface area (Å²) in [5.41, 5.74) is 0. The Morgan fingerprint density at radius 2 is 1.48 bits per heavy atom. The van der Waals surface area contributed by atoms with Crippen LogP contribution in [0.25, 0.3) is 0 Å². The quantitative estimate of drug-likeness (QED) is 0.435. The van der Waals surface area contributed by atoms with Gasteiger partial charge in [0, 0.05) is 25.0 Å². The molecule has 0 N–H and O–H groups in total. The molecule has 0 aromatic heterocycles. The number of alkyl halides is 6. The first-order valence-corrected chi connectivity index (χ1v) is 8.06. The van der Waals surface area contributed by atoms with Crippen LogP contribution in [-0.2, 0) is 0 Å². The lowest BCUT2D eigenvalue weighted by Gasteiger charge is -2.42. The molecule has 1 saturated carbocycles. The van der Waals surface area contributed by atoms with Crippen LogP contribution in [0, 0.1) is 11.8 Å². The summed E-state index contributed by atoms with van der Waals surface area (Å²) >= 11 is 1.86. The third-order valence-corrected chi connectivity index (χ3v) is 5.60. The molecule has 0 amide bonds. The Balaban J connectivity index is 2.00. The monoisotopic (exact) mass is 353 g/mol. The van der Waals surface area contributed by atoms with Crippen molar-refractivity contribution in [3.05, 3.63) is 0 Å². The number of hydrogen-bond acceptors (Lipinski definition) is 3. The second-order valence-corrected chi connectivity index (χ2v) is 7.48. The van der Waals surface area contributed by atoms with E-state index in [0.717, 1.165) is 30.0 Å². The molecule has 2 fully saturated rings. The van der Waals surface area contributed by atoms with Gasteiger partial charge in [0.15, 0.2) is 0 Å². The van der Waals surface area contributed by atoms with Crippen molar-refractivity contribution in [3.8, 4) is 0 Å². The standard InChI is InChI=1S/C12H17F6NS2/c13-10(14,11(15,16)20)12(17,18)21-19-6-5-8-3-1-2-4-9(8)7-19/h8-9,20H,1-7H2. The van der Waals surface area contributed by atoms with E-state index < -0.39 is 28.4 Å². The number of rotatable bonds is 4. The Labute approximate surface area is 129 Å².